The molecule has 0 N–H and O–H groups in total. The molecule has 0 radical (unpaired) electrons. The van der Waals surface area contributed by atoms with Crippen molar-refractivity contribution in [3.05, 3.63) is 47.5 Å². The number of fused-ring (bicyclic) bond motifs is 2. The van der Waals surface area contributed by atoms with Gasteiger partial charge in [0.25, 0.3) is 0 Å². The normalized spacial score (nSPS) is 14.0. The predicted octanol–water partition coefficient (Wildman–Crippen LogP) is 2.94. The highest BCUT2D eigenvalue weighted by molar-refractivity contribution is 5.90. The lowest BCUT2D eigenvalue weighted by Crippen LogP contribution is -2.01. The molecule has 0 amide bonds. The van der Waals surface area contributed by atoms with E-state index < -0.39 is 0 Å². The van der Waals surface area contributed by atoms with E-state index in [-0.39, 0.29) is 0 Å². The van der Waals surface area contributed by atoms with Crippen LogP contribution < -0.4 is 0 Å². The zero-order valence-corrected chi connectivity index (χ0v) is 6.88. The molecule has 0 fully saturated rings. The van der Waals surface area contributed by atoms with Gasteiger partial charge in [0.1, 0.15) is 0 Å². The second kappa shape index (κ2) is 2.10. The molecule has 2 aliphatic rings. The summed E-state index contributed by atoms with van der Waals surface area (Å²) in [4.78, 5) is 0. The van der Waals surface area contributed by atoms with Crippen LogP contribution in [0.5, 0.6) is 0 Å². The standard InChI is InChI=1S/C12H10/c1-2-4-12-10-7-5-9(6-8-10)11(12)3-1/h1-5,7H,6,8H2. The van der Waals surface area contributed by atoms with Crippen molar-refractivity contribution in [3.8, 4) is 0 Å². The van der Waals surface area contributed by atoms with Gasteiger partial charge in [0, 0.05) is 0 Å². The molecular weight excluding hydrogens is 144 g/mol. The van der Waals surface area contributed by atoms with Gasteiger partial charge in [-0.1, -0.05) is 36.4 Å². The number of rotatable bonds is 0. The Morgan fingerprint density at radius 1 is 0.667 bits per heavy atom. The van der Waals surface area contributed by atoms with E-state index in [1.807, 2.05) is 0 Å². The minimum atomic E-state index is 1.24. The second-order valence-electron chi connectivity index (χ2n) is 3.43. The van der Waals surface area contributed by atoms with Crippen LogP contribution >= 0.6 is 0 Å². The molecule has 2 bridgehead atoms. The molecule has 0 saturated heterocycles. The molecule has 4 rings (SSSR count). The molecule has 0 heterocycles. The maximum absolute atomic E-state index is 2.27. The van der Waals surface area contributed by atoms with Gasteiger partial charge in [0.05, 0.1) is 0 Å². The zero-order chi connectivity index (χ0) is 7.97. The summed E-state index contributed by atoms with van der Waals surface area (Å²) in [5.74, 6) is 0. The van der Waals surface area contributed by atoms with Crippen molar-refractivity contribution in [2.24, 2.45) is 0 Å². The average molecular weight is 154 g/mol. The van der Waals surface area contributed by atoms with Crippen LogP contribution in [0.2, 0.25) is 0 Å². The minimum absolute atomic E-state index is 1.24. The summed E-state index contributed by atoms with van der Waals surface area (Å²) in [5.41, 5.74) is 3.03. The minimum Gasteiger partial charge on any atom is -0.0616 e. The largest absolute Gasteiger partial charge is 0.0616 e. The summed E-state index contributed by atoms with van der Waals surface area (Å²) in [6, 6.07) is 13.2. The fraction of sp³-hybridized carbons (Fsp3) is 0.167. The number of benzene rings is 2. The monoisotopic (exact) mass is 154 g/mol. The zero-order valence-electron chi connectivity index (χ0n) is 6.88. The van der Waals surface area contributed by atoms with E-state index in [0.29, 0.717) is 0 Å². The van der Waals surface area contributed by atoms with Crippen LogP contribution in [0.25, 0.3) is 10.8 Å². The Balaban J connectivity index is 2.58. The maximum atomic E-state index is 2.27. The van der Waals surface area contributed by atoms with E-state index in [0.717, 1.165) is 0 Å². The van der Waals surface area contributed by atoms with Crippen LogP contribution in [0.1, 0.15) is 11.1 Å². The Morgan fingerprint density at radius 3 is 1.58 bits per heavy atom. The molecule has 2 aromatic carbocycles. The van der Waals surface area contributed by atoms with Crippen LogP contribution in [0, 0.1) is 0 Å². The van der Waals surface area contributed by atoms with E-state index >= 15 is 0 Å². The van der Waals surface area contributed by atoms with Crippen molar-refractivity contribution in [3.63, 3.8) is 0 Å². The first kappa shape index (κ1) is 6.24. The number of hydrogen-bond donors (Lipinski definition) is 0. The van der Waals surface area contributed by atoms with Gasteiger partial charge in [-0.25, -0.2) is 0 Å². The Hall–Kier alpha value is -1.30. The van der Waals surface area contributed by atoms with Gasteiger partial charge in [-0.15, -0.1) is 0 Å². The Bertz CT molecular complexity index is 398. The van der Waals surface area contributed by atoms with E-state index in [1.165, 1.54) is 34.7 Å². The summed E-state index contributed by atoms with van der Waals surface area (Å²) >= 11 is 0. The average Bonchev–Trinajstić information content (AvgIpc) is 2.20. The molecular formula is C12H10. The van der Waals surface area contributed by atoms with Gasteiger partial charge < -0.3 is 0 Å². The smallest absolute Gasteiger partial charge is 0.0149 e. The van der Waals surface area contributed by atoms with E-state index in [9.17, 15) is 0 Å². The van der Waals surface area contributed by atoms with Gasteiger partial charge >= 0.3 is 0 Å². The molecule has 0 aromatic heterocycles. The Kier molecular flexibility index (Phi) is 1.09. The van der Waals surface area contributed by atoms with Crippen molar-refractivity contribution in [2.75, 3.05) is 0 Å². The van der Waals surface area contributed by atoms with Crippen LogP contribution in [0.15, 0.2) is 36.4 Å². The molecule has 0 nitrogen and oxygen atoms in total. The fourth-order valence-corrected chi connectivity index (χ4v) is 2.13. The number of hydrogen-bond acceptors (Lipinski definition) is 0. The highest BCUT2D eigenvalue weighted by Gasteiger charge is 2.10. The number of aryl methyl sites for hydroxylation is 2. The molecule has 2 aromatic rings. The lowest BCUT2D eigenvalue weighted by atomic mass is 9.88. The van der Waals surface area contributed by atoms with Crippen molar-refractivity contribution in [2.45, 2.75) is 12.8 Å². The van der Waals surface area contributed by atoms with E-state index in [4.69, 9.17) is 0 Å². The summed E-state index contributed by atoms with van der Waals surface area (Å²) < 4.78 is 0. The van der Waals surface area contributed by atoms with Crippen LogP contribution in [-0.4, -0.2) is 0 Å². The molecule has 0 heteroatoms. The SMILES string of the molecule is c1ccc2c3ccc(c2c1)CC3. The van der Waals surface area contributed by atoms with Gasteiger partial charge in [-0.3, -0.25) is 0 Å². The first-order valence-electron chi connectivity index (χ1n) is 4.45. The molecule has 0 atom stereocenters. The van der Waals surface area contributed by atoms with Gasteiger partial charge in [0.2, 0.25) is 0 Å². The molecule has 12 heavy (non-hydrogen) atoms. The summed E-state index contributed by atoms with van der Waals surface area (Å²) in [7, 11) is 0. The third kappa shape index (κ3) is 0.672. The fourth-order valence-electron chi connectivity index (χ4n) is 2.13. The lowest BCUT2D eigenvalue weighted by molar-refractivity contribution is 0.947. The molecule has 0 aliphatic heterocycles. The van der Waals surface area contributed by atoms with Crippen LogP contribution in [-0.2, 0) is 12.8 Å². The predicted molar refractivity (Wildman–Crippen MR) is 51.4 cm³/mol. The summed E-state index contributed by atoms with van der Waals surface area (Å²) in [6.45, 7) is 0. The van der Waals surface area contributed by atoms with Gasteiger partial charge in [-0.05, 0) is 34.7 Å². The highest BCUT2D eigenvalue weighted by atomic mass is 14.1. The van der Waals surface area contributed by atoms with Gasteiger partial charge in [0.15, 0.2) is 0 Å². The highest BCUT2D eigenvalue weighted by Crippen LogP contribution is 2.29. The summed E-state index contributed by atoms with van der Waals surface area (Å²) in [6.07, 6.45) is 2.48. The summed E-state index contributed by atoms with van der Waals surface area (Å²) in [5, 5.41) is 2.92. The third-order valence-corrected chi connectivity index (χ3v) is 2.77. The van der Waals surface area contributed by atoms with Gasteiger partial charge in [-0.2, -0.15) is 0 Å². The molecule has 0 unspecified atom stereocenters. The molecule has 0 saturated carbocycles. The Morgan fingerprint density at radius 2 is 1.17 bits per heavy atom. The third-order valence-electron chi connectivity index (χ3n) is 2.77. The van der Waals surface area contributed by atoms with Crippen molar-refractivity contribution >= 4 is 10.8 Å². The van der Waals surface area contributed by atoms with Crippen molar-refractivity contribution < 1.29 is 0 Å². The molecule has 0 spiro atoms. The quantitative estimate of drug-likeness (QED) is 0.547. The van der Waals surface area contributed by atoms with Crippen molar-refractivity contribution in [1.29, 1.82) is 0 Å². The van der Waals surface area contributed by atoms with Crippen molar-refractivity contribution in [1.82, 2.24) is 0 Å². The molecule has 2 aliphatic carbocycles. The topological polar surface area (TPSA) is 0 Å². The second-order valence-corrected chi connectivity index (χ2v) is 3.43. The Labute approximate surface area is 71.8 Å². The van der Waals surface area contributed by atoms with E-state index in [2.05, 4.69) is 36.4 Å². The van der Waals surface area contributed by atoms with E-state index in [1.54, 1.807) is 0 Å². The lowest BCUT2D eigenvalue weighted by Gasteiger charge is -2.16. The molecule has 58 valence electrons. The maximum Gasteiger partial charge on any atom is -0.0149 e. The first-order chi connectivity index (χ1) is 5.95. The first-order valence-corrected chi connectivity index (χ1v) is 4.45. The van der Waals surface area contributed by atoms with Crippen LogP contribution in [0.3, 0.4) is 0 Å². The van der Waals surface area contributed by atoms with Crippen LogP contribution in [0.4, 0.5) is 0 Å².